The molecule has 2 heterocycles. The topological polar surface area (TPSA) is 40.5 Å². The monoisotopic (exact) mass is 301 g/mol. The van der Waals surface area contributed by atoms with Gasteiger partial charge in [0.25, 0.3) is 0 Å². The number of nitrogens with zero attached hydrogens (tertiary/aromatic N) is 1. The average Bonchev–Trinajstić information content (AvgIpc) is 2.74. The Labute approximate surface area is 118 Å². The summed E-state index contributed by atoms with van der Waals surface area (Å²) in [6, 6.07) is 1.48. The first-order chi connectivity index (χ1) is 8.61. The molecule has 3 nitrogen and oxygen atoms in total. The Balaban J connectivity index is 2.28. The quantitative estimate of drug-likeness (QED) is 0.820. The lowest BCUT2D eigenvalue weighted by Crippen LogP contribution is -2.27. The molecule has 0 atom stereocenters. The van der Waals surface area contributed by atoms with E-state index in [-0.39, 0.29) is 5.75 Å². The minimum absolute atomic E-state index is 0.163. The third-order valence-electron chi connectivity index (χ3n) is 3.16. The molecular formula is C12H9Cl2NO2S. The lowest BCUT2D eigenvalue weighted by Gasteiger charge is -2.22. The molecule has 0 fully saturated rings. The fraction of sp³-hybridized carbons (Fsp3) is 0.250. The average molecular weight is 302 g/mol. The van der Waals surface area contributed by atoms with Gasteiger partial charge in [0, 0.05) is 22.9 Å². The van der Waals surface area contributed by atoms with Gasteiger partial charge in [-0.05, 0) is 12.0 Å². The third-order valence-corrected chi connectivity index (χ3v) is 5.30. The van der Waals surface area contributed by atoms with Gasteiger partial charge in [0.1, 0.15) is 5.75 Å². The molecule has 0 bridgehead atoms. The van der Waals surface area contributed by atoms with Gasteiger partial charge in [-0.15, -0.1) is 11.3 Å². The van der Waals surface area contributed by atoms with Crippen LogP contribution in [0, 0.1) is 0 Å². The van der Waals surface area contributed by atoms with E-state index in [1.54, 1.807) is 4.90 Å². The minimum Gasteiger partial charge on any atom is -0.507 e. The van der Waals surface area contributed by atoms with Crippen LogP contribution in [0.1, 0.15) is 10.4 Å². The minimum atomic E-state index is 0.163. The number of amides is 1. The number of carbonyl (C=O) groups excluding carboxylic acids is 1. The van der Waals surface area contributed by atoms with Crippen molar-refractivity contribution in [1.82, 2.24) is 4.90 Å². The second-order valence-corrected chi connectivity index (χ2v) is 6.12. The van der Waals surface area contributed by atoms with Gasteiger partial charge in [-0.1, -0.05) is 23.2 Å². The summed E-state index contributed by atoms with van der Waals surface area (Å²) in [5.41, 5.74) is 1.09. The maximum Gasteiger partial charge on any atom is 0.210 e. The Morgan fingerprint density at radius 1 is 1.44 bits per heavy atom. The lowest BCUT2D eigenvalue weighted by molar-refractivity contribution is -0.118. The predicted octanol–water partition coefficient (Wildman–Crippen LogP) is 3.43. The van der Waals surface area contributed by atoms with E-state index in [9.17, 15) is 9.90 Å². The van der Waals surface area contributed by atoms with E-state index in [1.807, 2.05) is 0 Å². The summed E-state index contributed by atoms with van der Waals surface area (Å²) in [6.07, 6.45) is 1.58. The molecule has 0 saturated heterocycles. The van der Waals surface area contributed by atoms with E-state index in [1.165, 1.54) is 17.4 Å². The van der Waals surface area contributed by atoms with Crippen molar-refractivity contribution in [1.29, 1.82) is 0 Å². The Kier molecular flexibility index (Phi) is 2.88. The molecule has 0 radical (unpaired) electrons. The molecular weight excluding hydrogens is 293 g/mol. The van der Waals surface area contributed by atoms with Crippen LogP contribution in [0.15, 0.2) is 6.07 Å². The van der Waals surface area contributed by atoms with Crippen molar-refractivity contribution in [2.24, 2.45) is 0 Å². The van der Waals surface area contributed by atoms with Gasteiger partial charge in [0.15, 0.2) is 0 Å². The summed E-state index contributed by atoms with van der Waals surface area (Å²) in [4.78, 5) is 13.6. The molecule has 3 rings (SSSR count). The molecule has 1 aliphatic rings. The summed E-state index contributed by atoms with van der Waals surface area (Å²) >= 11 is 13.6. The van der Waals surface area contributed by atoms with E-state index in [0.29, 0.717) is 23.1 Å². The second kappa shape index (κ2) is 4.30. The molecule has 1 aromatic heterocycles. The van der Waals surface area contributed by atoms with Gasteiger partial charge in [-0.3, -0.25) is 4.79 Å². The zero-order chi connectivity index (χ0) is 12.9. The van der Waals surface area contributed by atoms with Crippen LogP contribution in [0.5, 0.6) is 5.75 Å². The van der Waals surface area contributed by atoms with Crippen LogP contribution in [0.4, 0.5) is 0 Å². The van der Waals surface area contributed by atoms with Crippen LogP contribution in [-0.2, 0) is 17.8 Å². The van der Waals surface area contributed by atoms with Crippen LogP contribution in [-0.4, -0.2) is 23.0 Å². The molecule has 94 valence electrons. The van der Waals surface area contributed by atoms with Gasteiger partial charge in [-0.2, -0.15) is 0 Å². The molecule has 6 heteroatoms. The van der Waals surface area contributed by atoms with Gasteiger partial charge in [0.2, 0.25) is 6.41 Å². The van der Waals surface area contributed by atoms with Crippen LogP contribution in [0.3, 0.4) is 0 Å². The van der Waals surface area contributed by atoms with E-state index >= 15 is 0 Å². The van der Waals surface area contributed by atoms with E-state index in [0.717, 1.165) is 33.4 Å². The number of benzene rings is 1. The smallest absolute Gasteiger partial charge is 0.210 e. The molecule has 1 amide bonds. The normalized spacial score (nSPS) is 14.9. The number of halogens is 2. The molecule has 1 N–H and O–H groups in total. The summed E-state index contributed by atoms with van der Waals surface area (Å²) in [5.74, 6) is 0.163. The summed E-state index contributed by atoms with van der Waals surface area (Å²) in [6.45, 7) is 1.24. The molecule has 1 aliphatic heterocycles. The van der Waals surface area contributed by atoms with E-state index < -0.39 is 0 Å². The highest BCUT2D eigenvalue weighted by Crippen LogP contribution is 2.45. The van der Waals surface area contributed by atoms with Crippen molar-refractivity contribution in [3.8, 4) is 5.75 Å². The summed E-state index contributed by atoms with van der Waals surface area (Å²) < 4.78 is 0.805. The van der Waals surface area contributed by atoms with Gasteiger partial charge in [0.05, 0.1) is 21.3 Å². The van der Waals surface area contributed by atoms with Crippen molar-refractivity contribution < 1.29 is 9.90 Å². The first kappa shape index (κ1) is 12.1. The molecule has 0 spiro atoms. The van der Waals surface area contributed by atoms with E-state index in [4.69, 9.17) is 23.2 Å². The zero-order valence-electron chi connectivity index (χ0n) is 9.24. The molecule has 0 saturated carbocycles. The fourth-order valence-electron chi connectivity index (χ4n) is 2.30. The SMILES string of the molecule is O=CN1CCc2c(sc3c(Cl)c(Cl)cc(O)c23)C1. The highest BCUT2D eigenvalue weighted by atomic mass is 35.5. The first-order valence-electron chi connectivity index (χ1n) is 5.42. The number of fused-ring (bicyclic) bond motifs is 3. The number of aromatic hydroxyl groups is 1. The molecule has 0 unspecified atom stereocenters. The Bertz CT molecular complexity index is 653. The van der Waals surface area contributed by atoms with Crippen molar-refractivity contribution in [2.45, 2.75) is 13.0 Å². The second-order valence-electron chi connectivity index (χ2n) is 4.23. The first-order valence-corrected chi connectivity index (χ1v) is 6.99. The highest BCUT2D eigenvalue weighted by Gasteiger charge is 2.24. The maximum atomic E-state index is 10.8. The van der Waals surface area contributed by atoms with Crippen LogP contribution in [0.2, 0.25) is 10.0 Å². The van der Waals surface area contributed by atoms with Crippen LogP contribution < -0.4 is 0 Å². The third kappa shape index (κ3) is 1.67. The van der Waals surface area contributed by atoms with E-state index in [2.05, 4.69) is 0 Å². The Morgan fingerprint density at radius 3 is 2.94 bits per heavy atom. The fourth-order valence-corrected chi connectivity index (χ4v) is 4.15. The van der Waals surface area contributed by atoms with Crippen LogP contribution >= 0.6 is 34.5 Å². The summed E-state index contributed by atoms with van der Waals surface area (Å²) in [5, 5.41) is 11.6. The molecule has 2 aromatic rings. The van der Waals surface area contributed by atoms with Crippen molar-refractivity contribution in [3.05, 3.63) is 26.6 Å². The van der Waals surface area contributed by atoms with Crippen molar-refractivity contribution in [3.63, 3.8) is 0 Å². The summed E-state index contributed by atoms with van der Waals surface area (Å²) in [7, 11) is 0. The predicted molar refractivity (Wildman–Crippen MR) is 73.7 cm³/mol. The number of phenolic OH excluding ortho intramolecular Hbond substituents is 1. The number of hydrogen-bond donors (Lipinski definition) is 1. The van der Waals surface area contributed by atoms with Gasteiger partial charge >= 0.3 is 0 Å². The zero-order valence-corrected chi connectivity index (χ0v) is 11.6. The van der Waals surface area contributed by atoms with Crippen LogP contribution in [0.25, 0.3) is 10.1 Å². The molecule has 18 heavy (non-hydrogen) atoms. The molecule has 0 aliphatic carbocycles. The highest BCUT2D eigenvalue weighted by molar-refractivity contribution is 7.20. The number of carbonyl (C=O) groups is 1. The number of hydrogen-bond acceptors (Lipinski definition) is 3. The molecule has 1 aromatic carbocycles. The Hall–Kier alpha value is -0.970. The van der Waals surface area contributed by atoms with Crippen molar-refractivity contribution in [2.75, 3.05) is 6.54 Å². The Morgan fingerprint density at radius 2 is 2.22 bits per heavy atom. The standard InChI is InChI=1S/C12H9Cl2NO2S/c13-7-3-8(17)10-6-1-2-15(5-16)4-9(6)18-12(10)11(7)14/h3,5,17H,1-2,4H2. The van der Waals surface area contributed by atoms with Gasteiger partial charge in [-0.25, -0.2) is 0 Å². The lowest BCUT2D eigenvalue weighted by atomic mass is 10.0. The maximum absolute atomic E-state index is 10.8. The number of rotatable bonds is 1. The largest absolute Gasteiger partial charge is 0.507 e. The number of thiophene rings is 1. The number of phenols is 1. The van der Waals surface area contributed by atoms with Crippen molar-refractivity contribution >= 4 is 51.0 Å². The van der Waals surface area contributed by atoms with Gasteiger partial charge < -0.3 is 10.0 Å².